The molecule has 1 aromatic heterocycles. The van der Waals surface area contributed by atoms with Crippen molar-refractivity contribution < 1.29 is 0 Å². The van der Waals surface area contributed by atoms with Crippen LogP contribution in [0.2, 0.25) is 0 Å². The molecule has 1 N–H and O–H groups in total. The van der Waals surface area contributed by atoms with Gasteiger partial charge in [0.15, 0.2) is 0 Å². The van der Waals surface area contributed by atoms with Crippen molar-refractivity contribution in [3.05, 3.63) is 56.2 Å². The summed E-state index contributed by atoms with van der Waals surface area (Å²) in [5.41, 5.74) is 2.78. The molecular formula is C15H18BrNS. The van der Waals surface area contributed by atoms with Gasteiger partial charge in [-0.3, -0.25) is 0 Å². The zero-order valence-electron chi connectivity index (χ0n) is 10.7. The Kier molecular flexibility index (Phi) is 4.98. The number of aryl methyl sites for hydroxylation is 1. The third kappa shape index (κ3) is 3.02. The van der Waals surface area contributed by atoms with E-state index in [0.29, 0.717) is 6.04 Å². The molecule has 0 spiro atoms. The zero-order valence-corrected chi connectivity index (χ0v) is 13.1. The Morgan fingerprint density at radius 1 is 1.17 bits per heavy atom. The Morgan fingerprint density at radius 2 is 1.89 bits per heavy atom. The van der Waals surface area contributed by atoms with Crippen molar-refractivity contribution in [1.82, 2.24) is 5.32 Å². The van der Waals surface area contributed by atoms with Crippen LogP contribution in [0.3, 0.4) is 0 Å². The second kappa shape index (κ2) is 6.50. The normalized spacial score (nSPS) is 12.6. The van der Waals surface area contributed by atoms with Gasteiger partial charge in [-0.15, -0.1) is 11.3 Å². The molecule has 0 saturated heterocycles. The molecule has 1 nitrogen and oxygen atoms in total. The van der Waals surface area contributed by atoms with Gasteiger partial charge in [0.05, 0.1) is 6.04 Å². The Balaban J connectivity index is 2.36. The first-order chi connectivity index (χ1) is 8.76. The number of halogens is 1. The summed E-state index contributed by atoms with van der Waals surface area (Å²) in [5, 5.41) is 5.78. The van der Waals surface area contributed by atoms with Crippen LogP contribution in [0.1, 0.15) is 35.9 Å². The average molecular weight is 324 g/mol. The summed E-state index contributed by atoms with van der Waals surface area (Å²) in [6, 6.07) is 11.2. The number of rotatable bonds is 5. The fraction of sp³-hybridized carbons (Fsp3) is 0.333. The van der Waals surface area contributed by atoms with Crippen LogP contribution in [-0.2, 0) is 6.42 Å². The summed E-state index contributed by atoms with van der Waals surface area (Å²) in [6.07, 6.45) is 1.09. The lowest BCUT2D eigenvalue weighted by Gasteiger charge is -2.19. The smallest absolute Gasteiger partial charge is 0.0673 e. The van der Waals surface area contributed by atoms with Gasteiger partial charge >= 0.3 is 0 Å². The minimum Gasteiger partial charge on any atom is -0.306 e. The van der Waals surface area contributed by atoms with Crippen molar-refractivity contribution in [2.75, 3.05) is 6.54 Å². The van der Waals surface area contributed by atoms with E-state index in [-0.39, 0.29) is 0 Å². The van der Waals surface area contributed by atoms with E-state index in [0.717, 1.165) is 17.4 Å². The van der Waals surface area contributed by atoms with Gasteiger partial charge < -0.3 is 5.32 Å². The molecule has 18 heavy (non-hydrogen) atoms. The van der Waals surface area contributed by atoms with Crippen LogP contribution < -0.4 is 5.32 Å². The van der Waals surface area contributed by atoms with Crippen molar-refractivity contribution in [2.45, 2.75) is 26.3 Å². The second-order valence-electron chi connectivity index (χ2n) is 4.21. The first kappa shape index (κ1) is 13.8. The molecule has 2 rings (SSSR count). The van der Waals surface area contributed by atoms with E-state index in [2.05, 4.69) is 70.8 Å². The van der Waals surface area contributed by atoms with Crippen LogP contribution in [0.25, 0.3) is 0 Å². The molecule has 0 fully saturated rings. The fourth-order valence-corrected chi connectivity index (χ4v) is 3.48. The van der Waals surface area contributed by atoms with Crippen LogP contribution in [-0.4, -0.2) is 6.54 Å². The molecule has 0 amide bonds. The molecule has 0 aliphatic carbocycles. The molecule has 0 radical (unpaired) electrons. The molecule has 96 valence electrons. The molecule has 0 aliphatic heterocycles. The number of nitrogens with one attached hydrogen (secondary N) is 1. The highest BCUT2D eigenvalue weighted by Gasteiger charge is 2.17. The third-order valence-electron chi connectivity index (χ3n) is 3.04. The molecule has 0 aliphatic rings. The lowest BCUT2D eigenvalue weighted by molar-refractivity contribution is 0.635. The largest absolute Gasteiger partial charge is 0.306 e. The van der Waals surface area contributed by atoms with E-state index in [1.54, 1.807) is 0 Å². The van der Waals surface area contributed by atoms with Crippen molar-refractivity contribution in [3.8, 4) is 0 Å². The zero-order chi connectivity index (χ0) is 13.0. The summed E-state index contributed by atoms with van der Waals surface area (Å²) in [5.74, 6) is 0. The van der Waals surface area contributed by atoms with Crippen LogP contribution in [0.4, 0.5) is 0 Å². The third-order valence-corrected chi connectivity index (χ3v) is 4.59. The highest BCUT2D eigenvalue weighted by atomic mass is 79.9. The van der Waals surface area contributed by atoms with Crippen LogP contribution in [0.15, 0.2) is 40.2 Å². The van der Waals surface area contributed by atoms with Crippen molar-refractivity contribution in [3.63, 3.8) is 0 Å². The molecule has 0 bridgehead atoms. The monoisotopic (exact) mass is 323 g/mol. The lowest BCUT2D eigenvalue weighted by atomic mass is 10.0. The van der Waals surface area contributed by atoms with Crippen molar-refractivity contribution in [1.29, 1.82) is 0 Å². The lowest BCUT2D eigenvalue weighted by Crippen LogP contribution is -2.21. The number of hydrogen-bond acceptors (Lipinski definition) is 2. The van der Waals surface area contributed by atoms with Gasteiger partial charge in [-0.05, 0) is 47.7 Å². The quantitative estimate of drug-likeness (QED) is 0.835. The molecule has 1 atom stereocenters. The molecule has 2 aromatic rings. The van der Waals surface area contributed by atoms with Crippen molar-refractivity contribution >= 4 is 27.3 Å². The molecule has 3 heteroatoms. The maximum absolute atomic E-state index is 3.59. The Bertz CT molecular complexity index is 489. The molecule has 1 aromatic carbocycles. The minimum atomic E-state index is 0.318. The maximum atomic E-state index is 3.59. The molecule has 0 saturated carbocycles. The highest BCUT2D eigenvalue weighted by Crippen LogP contribution is 2.30. The van der Waals surface area contributed by atoms with Gasteiger partial charge in [0.2, 0.25) is 0 Å². The van der Waals surface area contributed by atoms with E-state index in [4.69, 9.17) is 0 Å². The van der Waals surface area contributed by atoms with E-state index < -0.39 is 0 Å². The van der Waals surface area contributed by atoms with Gasteiger partial charge in [0.1, 0.15) is 0 Å². The van der Waals surface area contributed by atoms with Gasteiger partial charge in [-0.25, -0.2) is 0 Å². The van der Waals surface area contributed by atoms with E-state index >= 15 is 0 Å². The summed E-state index contributed by atoms with van der Waals surface area (Å²) in [4.78, 5) is 1.45. The predicted molar refractivity (Wildman–Crippen MR) is 83.4 cm³/mol. The molecule has 1 heterocycles. The number of hydrogen-bond donors (Lipinski definition) is 1. The summed E-state index contributed by atoms with van der Waals surface area (Å²) in [7, 11) is 0. The van der Waals surface area contributed by atoms with E-state index in [1.165, 1.54) is 16.0 Å². The van der Waals surface area contributed by atoms with Gasteiger partial charge in [0, 0.05) is 9.35 Å². The number of thiophene rings is 1. The highest BCUT2D eigenvalue weighted by molar-refractivity contribution is 9.10. The Hall–Kier alpha value is -0.640. The Labute approximate surface area is 121 Å². The van der Waals surface area contributed by atoms with Crippen LogP contribution >= 0.6 is 27.3 Å². The minimum absolute atomic E-state index is 0.318. The Morgan fingerprint density at radius 3 is 2.50 bits per heavy atom. The predicted octanol–water partition coefficient (Wildman–Crippen LogP) is 4.77. The second-order valence-corrected chi connectivity index (χ2v) is 6.07. The van der Waals surface area contributed by atoms with Crippen LogP contribution in [0.5, 0.6) is 0 Å². The fourth-order valence-electron chi connectivity index (χ4n) is 2.11. The topological polar surface area (TPSA) is 12.0 Å². The molecular weight excluding hydrogens is 306 g/mol. The van der Waals surface area contributed by atoms with Gasteiger partial charge in [-0.1, -0.05) is 41.9 Å². The summed E-state index contributed by atoms with van der Waals surface area (Å²) >= 11 is 5.34. The average Bonchev–Trinajstić information content (AvgIpc) is 2.85. The van der Waals surface area contributed by atoms with Crippen LogP contribution in [0, 0.1) is 0 Å². The van der Waals surface area contributed by atoms with E-state index in [1.807, 2.05) is 11.3 Å². The SMILES string of the molecule is CCNC(c1ccc(Br)cc1)c1sccc1CC. The van der Waals surface area contributed by atoms with Gasteiger partial charge in [0.25, 0.3) is 0 Å². The molecule has 1 unspecified atom stereocenters. The van der Waals surface area contributed by atoms with Crippen molar-refractivity contribution in [2.24, 2.45) is 0 Å². The maximum Gasteiger partial charge on any atom is 0.0673 e. The van der Waals surface area contributed by atoms with E-state index in [9.17, 15) is 0 Å². The standard InChI is InChI=1S/C15H18BrNS/c1-3-11-9-10-18-15(11)14(17-4-2)12-5-7-13(16)8-6-12/h5-10,14,17H,3-4H2,1-2H3. The summed E-state index contributed by atoms with van der Waals surface area (Å²) < 4.78 is 1.13. The first-order valence-electron chi connectivity index (χ1n) is 6.31. The first-order valence-corrected chi connectivity index (χ1v) is 7.98. The van der Waals surface area contributed by atoms with Gasteiger partial charge in [-0.2, -0.15) is 0 Å². The number of benzene rings is 1. The summed E-state index contributed by atoms with van der Waals surface area (Å²) in [6.45, 7) is 5.35.